The smallest absolute Gasteiger partial charge is 0.356 e. The second-order valence-electron chi connectivity index (χ2n) is 7.90. The molecule has 4 rings (SSSR count). The number of aromatic amines is 1. The molecule has 1 saturated heterocycles. The summed E-state index contributed by atoms with van der Waals surface area (Å²) >= 11 is 0. The lowest BCUT2D eigenvalue weighted by Gasteiger charge is -2.39. The van der Waals surface area contributed by atoms with Crippen molar-refractivity contribution < 1.29 is 18.0 Å². The summed E-state index contributed by atoms with van der Waals surface area (Å²) in [6.45, 7) is 2.83. The van der Waals surface area contributed by atoms with E-state index in [9.17, 15) is 18.0 Å². The molecule has 164 valence electrons. The minimum Gasteiger partial charge on any atom is -0.356 e. The Morgan fingerprint density at radius 3 is 2.52 bits per heavy atom. The number of carbonyl (C=O) groups is 1. The number of carbonyl (C=O) groups excluding carboxylic acids is 1. The number of hydrogen-bond acceptors (Lipinski definition) is 5. The minimum absolute atomic E-state index is 0.311. The van der Waals surface area contributed by atoms with Crippen molar-refractivity contribution in [3.05, 3.63) is 54.0 Å². The lowest BCUT2D eigenvalue weighted by atomic mass is 9.87. The van der Waals surface area contributed by atoms with Gasteiger partial charge >= 0.3 is 6.18 Å². The van der Waals surface area contributed by atoms with E-state index in [1.165, 1.54) is 18.5 Å². The number of halogens is 3. The number of amides is 1. The summed E-state index contributed by atoms with van der Waals surface area (Å²) in [5.74, 6) is 0.487. The number of hydrogen-bond donors (Lipinski definition) is 3. The van der Waals surface area contributed by atoms with Crippen LogP contribution in [0.15, 0.2) is 42.9 Å². The predicted octanol–water partition coefficient (Wildman–Crippen LogP) is 3.15. The Labute approximate surface area is 176 Å². The van der Waals surface area contributed by atoms with Gasteiger partial charge in [-0.15, -0.1) is 0 Å². The van der Waals surface area contributed by atoms with Crippen molar-refractivity contribution in [3.8, 4) is 0 Å². The molecule has 1 aromatic carbocycles. The second kappa shape index (κ2) is 7.84. The van der Waals surface area contributed by atoms with Crippen molar-refractivity contribution in [1.82, 2.24) is 20.3 Å². The molecule has 31 heavy (non-hydrogen) atoms. The molecule has 0 saturated carbocycles. The first-order valence-electron chi connectivity index (χ1n) is 9.97. The molecule has 7 nitrogen and oxygen atoms in total. The number of alkyl halides is 3. The van der Waals surface area contributed by atoms with Crippen molar-refractivity contribution in [2.24, 2.45) is 5.73 Å². The van der Waals surface area contributed by atoms with E-state index in [0.717, 1.165) is 29.0 Å². The summed E-state index contributed by atoms with van der Waals surface area (Å²) in [4.78, 5) is 26.6. The van der Waals surface area contributed by atoms with Crippen LogP contribution in [-0.2, 0) is 11.0 Å². The molecule has 0 spiro atoms. The highest BCUT2D eigenvalue weighted by Crippen LogP contribution is 2.31. The molecule has 1 amide bonds. The molecule has 1 aliphatic heterocycles. The average molecular weight is 432 g/mol. The standard InChI is InChI=1S/C21H23F3N6O/c1-13(14-2-4-15(5-3-14)21(22,23)24)29-19(31)20(25)7-10-30(11-8-20)18-16-6-9-26-17(16)27-12-28-18/h2-6,9,12-13H,7-8,10-11,25H2,1H3,(H,29,31)(H,26,27,28). The summed E-state index contributed by atoms with van der Waals surface area (Å²) in [7, 11) is 0. The monoisotopic (exact) mass is 432 g/mol. The van der Waals surface area contributed by atoms with Gasteiger partial charge in [-0.2, -0.15) is 13.2 Å². The fraction of sp³-hybridized carbons (Fsp3) is 0.381. The van der Waals surface area contributed by atoms with Crippen LogP contribution in [0.5, 0.6) is 0 Å². The largest absolute Gasteiger partial charge is 0.416 e. The SMILES string of the molecule is CC(NC(=O)C1(N)CCN(c2ncnc3[nH]ccc23)CC1)c1ccc(C(F)(F)F)cc1. The summed E-state index contributed by atoms with van der Waals surface area (Å²) < 4.78 is 38.2. The van der Waals surface area contributed by atoms with E-state index in [-0.39, 0.29) is 5.91 Å². The first kappa shape index (κ1) is 21.1. The Morgan fingerprint density at radius 2 is 1.87 bits per heavy atom. The van der Waals surface area contributed by atoms with Gasteiger partial charge in [0.2, 0.25) is 5.91 Å². The fourth-order valence-electron chi connectivity index (χ4n) is 3.84. The van der Waals surface area contributed by atoms with Crippen molar-refractivity contribution in [3.63, 3.8) is 0 Å². The molecule has 3 heterocycles. The van der Waals surface area contributed by atoms with E-state index in [2.05, 4.69) is 25.2 Å². The summed E-state index contributed by atoms with van der Waals surface area (Å²) in [5, 5.41) is 3.76. The fourth-order valence-corrected chi connectivity index (χ4v) is 3.84. The zero-order valence-electron chi connectivity index (χ0n) is 16.9. The number of benzene rings is 1. The van der Waals surface area contributed by atoms with Gasteiger partial charge in [-0.1, -0.05) is 12.1 Å². The lowest BCUT2D eigenvalue weighted by molar-refractivity contribution is -0.137. The molecule has 1 fully saturated rings. The molecule has 2 aromatic heterocycles. The van der Waals surface area contributed by atoms with E-state index in [4.69, 9.17) is 5.73 Å². The molecule has 3 aromatic rings. The van der Waals surface area contributed by atoms with E-state index in [1.54, 1.807) is 13.1 Å². The number of rotatable bonds is 4. The Balaban J connectivity index is 1.39. The highest BCUT2D eigenvalue weighted by molar-refractivity contribution is 5.89. The number of nitrogens with two attached hydrogens (primary N) is 1. The Kier molecular flexibility index (Phi) is 5.34. The molecule has 10 heteroatoms. The van der Waals surface area contributed by atoms with Crippen LogP contribution in [0.2, 0.25) is 0 Å². The molecule has 1 unspecified atom stereocenters. The maximum Gasteiger partial charge on any atom is 0.416 e. The van der Waals surface area contributed by atoms with Gasteiger partial charge in [0.1, 0.15) is 17.8 Å². The number of piperidine rings is 1. The van der Waals surface area contributed by atoms with Gasteiger partial charge in [-0.05, 0) is 43.5 Å². The van der Waals surface area contributed by atoms with Crippen LogP contribution in [0.4, 0.5) is 19.0 Å². The first-order valence-corrected chi connectivity index (χ1v) is 9.97. The van der Waals surface area contributed by atoms with Crippen LogP contribution in [0, 0.1) is 0 Å². The number of anilines is 1. The van der Waals surface area contributed by atoms with Gasteiger partial charge in [0.25, 0.3) is 0 Å². The Bertz CT molecular complexity index is 1070. The van der Waals surface area contributed by atoms with Gasteiger partial charge in [-0.25, -0.2) is 9.97 Å². The third kappa shape index (κ3) is 4.20. The molecule has 1 atom stereocenters. The van der Waals surface area contributed by atoms with Gasteiger partial charge in [0.15, 0.2) is 0 Å². The van der Waals surface area contributed by atoms with Crippen molar-refractivity contribution in [2.75, 3.05) is 18.0 Å². The van der Waals surface area contributed by atoms with Gasteiger partial charge < -0.3 is 20.9 Å². The van der Waals surface area contributed by atoms with E-state index in [0.29, 0.717) is 31.5 Å². The van der Waals surface area contributed by atoms with Gasteiger partial charge in [-0.3, -0.25) is 4.79 Å². The number of aromatic nitrogens is 3. The Morgan fingerprint density at radius 1 is 1.19 bits per heavy atom. The first-order chi connectivity index (χ1) is 14.7. The van der Waals surface area contributed by atoms with Crippen molar-refractivity contribution in [2.45, 2.75) is 37.5 Å². The highest BCUT2D eigenvalue weighted by Gasteiger charge is 2.39. The van der Waals surface area contributed by atoms with E-state index in [1.807, 2.05) is 6.07 Å². The maximum atomic E-state index is 12.9. The van der Waals surface area contributed by atoms with Gasteiger partial charge in [0, 0.05) is 19.3 Å². The molecule has 4 N–H and O–H groups in total. The summed E-state index contributed by atoms with van der Waals surface area (Å²) in [6, 6.07) is 6.21. The van der Waals surface area contributed by atoms with E-state index < -0.39 is 23.3 Å². The molecular weight excluding hydrogens is 409 g/mol. The average Bonchev–Trinajstić information content (AvgIpc) is 3.23. The van der Waals surface area contributed by atoms with Crippen molar-refractivity contribution >= 4 is 22.8 Å². The van der Waals surface area contributed by atoms with Crippen LogP contribution < -0.4 is 16.0 Å². The van der Waals surface area contributed by atoms with Crippen LogP contribution in [0.3, 0.4) is 0 Å². The van der Waals surface area contributed by atoms with Gasteiger partial charge in [0.05, 0.1) is 22.5 Å². The summed E-state index contributed by atoms with van der Waals surface area (Å²) in [6.07, 6.45) is -0.244. The lowest BCUT2D eigenvalue weighted by Crippen LogP contribution is -2.60. The second-order valence-corrected chi connectivity index (χ2v) is 7.90. The molecular formula is C21H23F3N6O. The topological polar surface area (TPSA) is 99.9 Å². The van der Waals surface area contributed by atoms with Crippen LogP contribution >= 0.6 is 0 Å². The van der Waals surface area contributed by atoms with E-state index >= 15 is 0 Å². The normalized spacial score (nSPS) is 17.5. The third-order valence-corrected chi connectivity index (χ3v) is 5.83. The number of H-pyrrole nitrogens is 1. The predicted molar refractivity (Wildman–Crippen MR) is 110 cm³/mol. The van der Waals surface area contributed by atoms with Crippen LogP contribution in [0.25, 0.3) is 11.0 Å². The number of nitrogens with one attached hydrogen (secondary N) is 2. The maximum absolute atomic E-state index is 12.9. The number of fused-ring (bicyclic) bond motifs is 1. The molecule has 0 radical (unpaired) electrons. The third-order valence-electron chi connectivity index (χ3n) is 5.83. The van der Waals surface area contributed by atoms with Crippen LogP contribution in [0.1, 0.15) is 36.9 Å². The zero-order chi connectivity index (χ0) is 22.2. The van der Waals surface area contributed by atoms with Crippen LogP contribution in [-0.4, -0.2) is 39.5 Å². The zero-order valence-corrected chi connectivity index (χ0v) is 16.9. The quantitative estimate of drug-likeness (QED) is 0.588. The molecule has 1 aliphatic rings. The Hall–Kier alpha value is -3.14. The van der Waals surface area contributed by atoms with Crippen molar-refractivity contribution in [1.29, 1.82) is 0 Å². The molecule has 0 aliphatic carbocycles. The number of nitrogens with zero attached hydrogens (tertiary/aromatic N) is 3. The summed E-state index contributed by atoms with van der Waals surface area (Å²) in [5.41, 5.74) is 5.97. The highest BCUT2D eigenvalue weighted by atomic mass is 19.4. The molecule has 0 bridgehead atoms. The minimum atomic E-state index is -4.39.